The van der Waals surface area contributed by atoms with Crippen LogP contribution in [0.2, 0.25) is 0 Å². The fourth-order valence-corrected chi connectivity index (χ4v) is 4.56. The van der Waals surface area contributed by atoms with Crippen LogP contribution in [0.15, 0.2) is 48.9 Å². The monoisotopic (exact) mass is 441 g/mol. The molecule has 3 aromatic rings. The van der Waals surface area contributed by atoms with E-state index in [1.54, 1.807) is 12.4 Å². The lowest BCUT2D eigenvalue weighted by molar-refractivity contribution is -0.119. The molecule has 2 aromatic heterocycles. The van der Waals surface area contributed by atoms with E-state index in [0.717, 1.165) is 54.9 Å². The summed E-state index contributed by atoms with van der Waals surface area (Å²) in [5.74, 6) is 1.21. The van der Waals surface area contributed by atoms with Gasteiger partial charge in [-0.05, 0) is 61.9 Å². The average Bonchev–Trinajstić information content (AvgIpc) is 3.29. The van der Waals surface area contributed by atoms with E-state index in [1.165, 1.54) is 6.42 Å². The Bertz CT molecular complexity index is 1160. The molecule has 8 nitrogen and oxygen atoms in total. The molecule has 168 valence electrons. The zero-order chi connectivity index (χ0) is 22.6. The van der Waals surface area contributed by atoms with Gasteiger partial charge in [0.05, 0.1) is 30.4 Å². The van der Waals surface area contributed by atoms with Crippen LogP contribution >= 0.6 is 0 Å². The number of nitriles is 1. The Morgan fingerprint density at radius 1 is 1.15 bits per heavy atom. The van der Waals surface area contributed by atoms with Crippen molar-refractivity contribution >= 4 is 23.2 Å². The number of piperidine rings is 1. The molecule has 5 rings (SSSR count). The number of rotatable bonds is 7. The lowest BCUT2D eigenvalue weighted by Gasteiger charge is -2.32. The zero-order valence-corrected chi connectivity index (χ0v) is 18.5. The van der Waals surface area contributed by atoms with E-state index < -0.39 is 0 Å². The van der Waals surface area contributed by atoms with Gasteiger partial charge in [-0.1, -0.05) is 6.42 Å². The number of nitrogens with zero attached hydrogens (tertiary/aromatic N) is 6. The van der Waals surface area contributed by atoms with Gasteiger partial charge in [-0.15, -0.1) is 0 Å². The molecule has 2 fully saturated rings. The first-order valence-electron chi connectivity index (χ1n) is 11.6. The smallest absolute Gasteiger partial charge is 0.227 e. The topological polar surface area (TPSA) is 99.7 Å². The van der Waals surface area contributed by atoms with Crippen LogP contribution in [0.5, 0.6) is 0 Å². The van der Waals surface area contributed by atoms with Crippen molar-refractivity contribution in [3.05, 3.63) is 48.9 Å². The second kappa shape index (κ2) is 9.41. The summed E-state index contributed by atoms with van der Waals surface area (Å²) in [6.45, 7) is 0.778. The van der Waals surface area contributed by atoms with Crippen LogP contribution in [0.4, 0.5) is 17.3 Å². The van der Waals surface area contributed by atoms with Gasteiger partial charge in [0, 0.05) is 42.3 Å². The number of carbonyl (C=O) groups is 1. The Labute approximate surface area is 193 Å². The highest BCUT2D eigenvalue weighted by molar-refractivity contribution is 5.94. The molecular formula is C25H27N7O. The Morgan fingerprint density at radius 3 is 2.73 bits per heavy atom. The number of anilines is 3. The van der Waals surface area contributed by atoms with E-state index in [9.17, 15) is 10.1 Å². The SMILES string of the molecule is N#CCC(C1CCC1)n1cc(-c2ccnc(Nc3ccc(N4CCCCC4=O)cc3)n2)cn1. The average molecular weight is 442 g/mol. The molecule has 0 radical (unpaired) electrons. The molecule has 1 amide bonds. The number of hydrogen-bond acceptors (Lipinski definition) is 6. The van der Waals surface area contributed by atoms with Crippen molar-refractivity contribution < 1.29 is 4.79 Å². The van der Waals surface area contributed by atoms with E-state index in [1.807, 2.05) is 46.1 Å². The van der Waals surface area contributed by atoms with Gasteiger partial charge in [0.1, 0.15) is 0 Å². The van der Waals surface area contributed by atoms with Crippen molar-refractivity contribution in [2.45, 2.75) is 51.0 Å². The Hall–Kier alpha value is -3.73. The van der Waals surface area contributed by atoms with Crippen LogP contribution in [0.3, 0.4) is 0 Å². The minimum atomic E-state index is 0.127. The minimum Gasteiger partial charge on any atom is -0.324 e. The van der Waals surface area contributed by atoms with Crippen molar-refractivity contribution in [3.8, 4) is 17.3 Å². The largest absolute Gasteiger partial charge is 0.324 e. The highest BCUT2D eigenvalue weighted by Gasteiger charge is 2.29. The quantitative estimate of drug-likeness (QED) is 0.562. The summed E-state index contributed by atoms with van der Waals surface area (Å²) in [7, 11) is 0. The second-order valence-corrected chi connectivity index (χ2v) is 8.77. The lowest BCUT2D eigenvalue weighted by Crippen LogP contribution is -2.35. The number of carbonyl (C=O) groups excluding carboxylic acids is 1. The Kier molecular flexibility index (Phi) is 6.03. The van der Waals surface area contributed by atoms with E-state index in [2.05, 4.69) is 26.5 Å². The third kappa shape index (κ3) is 4.58. The highest BCUT2D eigenvalue weighted by Crippen LogP contribution is 2.38. The van der Waals surface area contributed by atoms with Gasteiger partial charge >= 0.3 is 0 Å². The molecule has 1 aliphatic heterocycles. The maximum Gasteiger partial charge on any atom is 0.227 e. The summed E-state index contributed by atoms with van der Waals surface area (Å²) in [6, 6.07) is 12.1. The fourth-order valence-electron chi connectivity index (χ4n) is 4.56. The summed E-state index contributed by atoms with van der Waals surface area (Å²) in [5, 5.41) is 17.0. The maximum atomic E-state index is 12.1. The standard InChI is InChI=1S/C25H27N7O/c26-13-11-23(18-4-3-5-18)32-17-19(16-28-32)22-12-14-27-25(30-22)29-20-7-9-21(10-8-20)31-15-2-1-6-24(31)33/h7-10,12,14,16-18,23H,1-6,11,15H2,(H,27,29,30). The van der Waals surface area contributed by atoms with Gasteiger partial charge in [0.15, 0.2) is 0 Å². The molecule has 1 aromatic carbocycles. The predicted octanol–water partition coefficient (Wildman–Crippen LogP) is 4.86. The van der Waals surface area contributed by atoms with Crippen LogP contribution in [-0.4, -0.2) is 32.2 Å². The summed E-state index contributed by atoms with van der Waals surface area (Å²) >= 11 is 0. The van der Waals surface area contributed by atoms with Gasteiger partial charge in [-0.2, -0.15) is 10.4 Å². The molecule has 1 saturated carbocycles. The first-order chi connectivity index (χ1) is 16.2. The molecule has 8 heteroatoms. The molecule has 0 bridgehead atoms. The van der Waals surface area contributed by atoms with Gasteiger partial charge in [0.2, 0.25) is 11.9 Å². The summed E-state index contributed by atoms with van der Waals surface area (Å²) < 4.78 is 1.93. The van der Waals surface area contributed by atoms with Crippen molar-refractivity contribution in [2.75, 3.05) is 16.8 Å². The number of benzene rings is 1. The molecule has 0 spiro atoms. The summed E-state index contributed by atoms with van der Waals surface area (Å²) in [6.07, 6.45) is 12.2. The molecule has 1 saturated heterocycles. The molecule has 33 heavy (non-hydrogen) atoms. The van der Waals surface area contributed by atoms with E-state index in [0.29, 0.717) is 24.7 Å². The summed E-state index contributed by atoms with van der Waals surface area (Å²) in [5.41, 5.74) is 3.46. The van der Waals surface area contributed by atoms with E-state index >= 15 is 0 Å². The first kappa shape index (κ1) is 21.1. The maximum absolute atomic E-state index is 12.1. The molecule has 2 aliphatic rings. The molecule has 1 N–H and O–H groups in total. The molecule has 1 unspecified atom stereocenters. The Morgan fingerprint density at radius 2 is 2.00 bits per heavy atom. The number of hydrogen-bond donors (Lipinski definition) is 1. The normalized spacial score (nSPS) is 17.3. The molecule has 3 heterocycles. The summed E-state index contributed by atoms with van der Waals surface area (Å²) in [4.78, 5) is 23.0. The van der Waals surface area contributed by atoms with Crippen molar-refractivity contribution in [1.29, 1.82) is 5.26 Å². The first-order valence-corrected chi connectivity index (χ1v) is 11.6. The number of aromatic nitrogens is 4. The van der Waals surface area contributed by atoms with Crippen molar-refractivity contribution in [3.63, 3.8) is 0 Å². The van der Waals surface area contributed by atoms with E-state index in [-0.39, 0.29) is 11.9 Å². The van der Waals surface area contributed by atoms with Crippen molar-refractivity contribution in [2.24, 2.45) is 5.92 Å². The lowest BCUT2D eigenvalue weighted by atomic mass is 9.79. The fraction of sp³-hybridized carbons (Fsp3) is 0.400. The van der Waals surface area contributed by atoms with Crippen LogP contribution in [0.25, 0.3) is 11.3 Å². The van der Waals surface area contributed by atoms with Gasteiger partial charge in [-0.25, -0.2) is 9.97 Å². The minimum absolute atomic E-state index is 0.127. The number of nitrogens with one attached hydrogen (secondary N) is 1. The van der Waals surface area contributed by atoms with Crippen LogP contribution in [0.1, 0.15) is 51.0 Å². The third-order valence-electron chi connectivity index (χ3n) is 6.65. The highest BCUT2D eigenvalue weighted by atomic mass is 16.2. The Balaban J connectivity index is 1.29. The second-order valence-electron chi connectivity index (χ2n) is 8.77. The van der Waals surface area contributed by atoms with Gasteiger partial charge < -0.3 is 10.2 Å². The van der Waals surface area contributed by atoms with Crippen LogP contribution < -0.4 is 10.2 Å². The van der Waals surface area contributed by atoms with Gasteiger partial charge in [0.25, 0.3) is 0 Å². The van der Waals surface area contributed by atoms with E-state index in [4.69, 9.17) is 0 Å². The zero-order valence-electron chi connectivity index (χ0n) is 18.5. The van der Waals surface area contributed by atoms with Crippen molar-refractivity contribution in [1.82, 2.24) is 19.7 Å². The van der Waals surface area contributed by atoms with Crippen LogP contribution in [0, 0.1) is 17.2 Å². The van der Waals surface area contributed by atoms with Gasteiger partial charge in [-0.3, -0.25) is 9.48 Å². The number of amides is 1. The predicted molar refractivity (Wildman–Crippen MR) is 126 cm³/mol. The molecule has 1 aliphatic carbocycles. The molecular weight excluding hydrogens is 414 g/mol. The third-order valence-corrected chi connectivity index (χ3v) is 6.65. The molecule has 1 atom stereocenters. The van der Waals surface area contributed by atoms with Crippen LogP contribution in [-0.2, 0) is 4.79 Å².